The molecule has 0 saturated carbocycles. The minimum Gasteiger partial charge on any atom is -0.376 e. The summed E-state index contributed by atoms with van der Waals surface area (Å²) in [6.07, 6.45) is 2.20. The SMILES string of the molecule is Cc1ccc(S(=O)(=O)c2nc(NC[C@@H]3CCCO3)sc2Cl)cc1. The van der Waals surface area contributed by atoms with Crippen LogP contribution in [0, 0.1) is 6.92 Å². The fraction of sp³-hybridized carbons (Fsp3) is 0.400. The van der Waals surface area contributed by atoms with Gasteiger partial charge >= 0.3 is 0 Å². The number of anilines is 1. The number of aromatic nitrogens is 1. The quantitative estimate of drug-likeness (QED) is 0.869. The van der Waals surface area contributed by atoms with Crippen LogP contribution in [0.5, 0.6) is 0 Å². The van der Waals surface area contributed by atoms with Crippen LogP contribution < -0.4 is 5.32 Å². The fourth-order valence-electron chi connectivity index (χ4n) is 2.36. The minimum atomic E-state index is -3.71. The van der Waals surface area contributed by atoms with Crippen molar-refractivity contribution in [3.63, 3.8) is 0 Å². The minimum absolute atomic E-state index is 0.0946. The lowest BCUT2D eigenvalue weighted by Gasteiger charge is -2.09. The Balaban J connectivity index is 1.80. The maximum atomic E-state index is 12.6. The fourth-order valence-corrected chi connectivity index (χ4v) is 5.18. The first-order valence-electron chi connectivity index (χ1n) is 7.30. The molecular formula is C15H17ClN2O3S2. The predicted octanol–water partition coefficient (Wildman–Crippen LogP) is 3.53. The highest BCUT2D eigenvalue weighted by Gasteiger charge is 2.26. The van der Waals surface area contributed by atoms with Crippen molar-refractivity contribution >= 4 is 37.9 Å². The van der Waals surface area contributed by atoms with Gasteiger partial charge < -0.3 is 10.1 Å². The number of nitrogens with one attached hydrogen (secondary N) is 1. The summed E-state index contributed by atoms with van der Waals surface area (Å²) in [4.78, 5) is 4.37. The van der Waals surface area contributed by atoms with E-state index in [0.717, 1.165) is 36.3 Å². The van der Waals surface area contributed by atoms with Crippen molar-refractivity contribution in [2.24, 2.45) is 0 Å². The molecule has 1 aromatic heterocycles. The average molecular weight is 373 g/mol. The van der Waals surface area contributed by atoms with Crippen molar-refractivity contribution < 1.29 is 13.2 Å². The number of thiazole rings is 1. The third kappa shape index (κ3) is 3.68. The molecule has 1 aliphatic heterocycles. The molecule has 0 amide bonds. The molecule has 1 fully saturated rings. The number of ether oxygens (including phenoxy) is 1. The highest BCUT2D eigenvalue weighted by atomic mass is 35.5. The molecule has 124 valence electrons. The number of aryl methyl sites for hydroxylation is 1. The van der Waals surface area contributed by atoms with Crippen LogP contribution in [0.15, 0.2) is 34.2 Å². The number of hydrogen-bond donors (Lipinski definition) is 1. The number of benzene rings is 1. The number of nitrogens with zero attached hydrogens (tertiary/aromatic N) is 1. The van der Waals surface area contributed by atoms with E-state index in [1.54, 1.807) is 24.3 Å². The van der Waals surface area contributed by atoms with Gasteiger partial charge in [0.1, 0.15) is 4.34 Å². The monoisotopic (exact) mass is 372 g/mol. The summed E-state index contributed by atoms with van der Waals surface area (Å²) in [6, 6.07) is 6.65. The smallest absolute Gasteiger partial charge is 0.226 e. The Hall–Kier alpha value is -1.15. The standard InChI is InChI=1S/C15H17ClN2O3S2/c1-10-4-6-12(7-5-10)23(19,20)14-13(16)22-15(18-14)17-9-11-3-2-8-21-11/h4-7,11H,2-3,8-9H2,1H3,(H,17,18)/t11-/m0/s1. The summed E-state index contributed by atoms with van der Waals surface area (Å²) in [5.41, 5.74) is 0.993. The maximum Gasteiger partial charge on any atom is 0.226 e. The highest BCUT2D eigenvalue weighted by molar-refractivity contribution is 7.91. The number of sulfone groups is 1. The molecule has 1 aromatic carbocycles. The molecule has 1 atom stereocenters. The summed E-state index contributed by atoms with van der Waals surface area (Å²) < 4.78 is 31.0. The predicted molar refractivity (Wildman–Crippen MR) is 91.2 cm³/mol. The van der Waals surface area contributed by atoms with Gasteiger partial charge in [-0.15, -0.1) is 0 Å². The average Bonchev–Trinajstić information content (AvgIpc) is 3.15. The lowest BCUT2D eigenvalue weighted by atomic mass is 10.2. The van der Waals surface area contributed by atoms with Crippen LogP contribution in [0.25, 0.3) is 0 Å². The molecule has 3 rings (SSSR count). The van der Waals surface area contributed by atoms with Crippen LogP contribution in [0.1, 0.15) is 18.4 Å². The van der Waals surface area contributed by atoms with Crippen LogP contribution in [-0.4, -0.2) is 32.7 Å². The van der Waals surface area contributed by atoms with Gasteiger partial charge in [-0.2, -0.15) is 0 Å². The van der Waals surface area contributed by atoms with Gasteiger partial charge in [-0.25, -0.2) is 13.4 Å². The zero-order valence-corrected chi connectivity index (χ0v) is 15.0. The van der Waals surface area contributed by atoms with Crippen LogP contribution in [0.3, 0.4) is 0 Å². The highest BCUT2D eigenvalue weighted by Crippen LogP contribution is 2.34. The van der Waals surface area contributed by atoms with Gasteiger partial charge in [-0.05, 0) is 31.9 Å². The van der Waals surface area contributed by atoms with Crippen LogP contribution in [-0.2, 0) is 14.6 Å². The van der Waals surface area contributed by atoms with Gasteiger partial charge in [0.2, 0.25) is 9.84 Å². The van der Waals surface area contributed by atoms with Crippen molar-refractivity contribution in [1.29, 1.82) is 0 Å². The van der Waals surface area contributed by atoms with Crippen molar-refractivity contribution in [2.75, 3.05) is 18.5 Å². The van der Waals surface area contributed by atoms with E-state index in [-0.39, 0.29) is 20.4 Å². The van der Waals surface area contributed by atoms with Gasteiger partial charge in [-0.3, -0.25) is 0 Å². The van der Waals surface area contributed by atoms with Crippen molar-refractivity contribution in [3.05, 3.63) is 34.2 Å². The van der Waals surface area contributed by atoms with E-state index in [1.807, 2.05) is 6.92 Å². The Bertz CT molecular complexity index is 782. The summed E-state index contributed by atoms with van der Waals surface area (Å²) in [6.45, 7) is 3.28. The van der Waals surface area contributed by atoms with Crippen molar-refractivity contribution in [2.45, 2.75) is 35.8 Å². The number of rotatable bonds is 5. The van der Waals surface area contributed by atoms with Crippen LogP contribution >= 0.6 is 22.9 Å². The Labute approximate surface area is 144 Å². The molecule has 0 radical (unpaired) electrons. The normalized spacial score (nSPS) is 18.3. The van der Waals surface area contributed by atoms with Gasteiger partial charge in [-0.1, -0.05) is 40.6 Å². The van der Waals surface area contributed by atoms with E-state index >= 15 is 0 Å². The molecular weight excluding hydrogens is 356 g/mol. The second kappa shape index (κ2) is 6.76. The zero-order valence-electron chi connectivity index (χ0n) is 12.6. The molecule has 23 heavy (non-hydrogen) atoms. The summed E-state index contributed by atoms with van der Waals surface area (Å²) in [5, 5.41) is 3.52. The molecule has 0 unspecified atom stereocenters. The van der Waals surface area contributed by atoms with Gasteiger partial charge in [0.15, 0.2) is 10.2 Å². The summed E-state index contributed by atoms with van der Waals surface area (Å²) in [5.74, 6) is 0. The lowest BCUT2D eigenvalue weighted by Crippen LogP contribution is -2.18. The van der Waals surface area contributed by atoms with Crippen molar-refractivity contribution in [3.8, 4) is 0 Å². The molecule has 1 saturated heterocycles. The van der Waals surface area contributed by atoms with Crippen LogP contribution in [0.2, 0.25) is 4.34 Å². The second-order valence-electron chi connectivity index (χ2n) is 5.43. The zero-order chi connectivity index (χ0) is 16.4. The molecule has 0 spiro atoms. The molecule has 1 aliphatic rings. The number of halogens is 1. The van der Waals surface area contributed by atoms with Gasteiger partial charge in [0.05, 0.1) is 11.0 Å². The first-order chi connectivity index (χ1) is 11.0. The number of hydrogen-bond acceptors (Lipinski definition) is 6. The molecule has 0 aliphatic carbocycles. The lowest BCUT2D eigenvalue weighted by molar-refractivity contribution is 0.120. The Kier molecular flexibility index (Phi) is 4.91. The topological polar surface area (TPSA) is 68.3 Å². The van der Waals surface area contributed by atoms with E-state index < -0.39 is 9.84 Å². The third-order valence-corrected chi connectivity index (χ3v) is 6.80. The maximum absolute atomic E-state index is 12.6. The molecule has 1 N–H and O–H groups in total. The van der Waals surface area contributed by atoms with E-state index in [4.69, 9.17) is 16.3 Å². The largest absolute Gasteiger partial charge is 0.376 e. The first kappa shape index (κ1) is 16.7. The second-order valence-corrected chi connectivity index (χ2v) is 8.90. The van der Waals surface area contributed by atoms with E-state index in [1.165, 1.54) is 0 Å². The van der Waals surface area contributed by atoms with Gasteiger partial charge in [0.25, 0.3) is 0 Å². The third-order valence-electron chi connectivity index (χ3n) is 3.65. The van der Waals surface area contributed by atoms with E-state index in [9.17, 15) is 8.42 Å². The summed E-state index contributed by atoms with van der Waals surface area (Å²) >= 11 is 7.24. The molecule has 2 aromatic rings. The Morgan fingerprint density at radius 1 is 1.39 bits per heavy atom. The van der Waals surface area contributed by atoms with Crippen molar-refractivity contribution in [1.82, 2.24) is 4.98 Å². The van der Waals surface area contributed by atoms with Gasteiger partial charge in [0, 0.05) is 13.2 Å². The van der Waals surface area contributed by atoms with Crippen LogP contribution in [0.4, 0.5) is 5.13 Å². The Morgan fingerprint density at radius 3 is 2.78 bits per heavy atom. The summed E-state index contributed by atoms with van der Waals surface area (Å²) in [7, 11) is -3.71. The van der Waals surface area contributed by atoms with E-state index in [0.29, 0.717) is 11.7 Å². The Morgan fingerprint density at radius 2 is 2.13 bits per heavy atom. The molecule has 8 heteroatoms. The molecule has 0 bridgehead atoms. The first-order valence-corrected chi connectivity index (χ1v) is 9.98. The van der Waals surface area contributed by atoms with E-state index in [2.05, 4.69) is 10.3 Å². The molecule has 2 heterocycles. The molecule has 5 nitrogen and oxygen atoms in total.